The van der Waals surface area contributed by atoms with Crippen molar-refractivity contribution in [2.75, 3.05) is 26.2 Å². The molecule has 0 radical (unpaired) electrons. The zero-order valence-electron chi connectivity index (χ0n) is 13.3. The molecule has 3 rings (SSSR count). The van der Waals surface area contributed by atoms with Crippen LogP contribution >= 0.6 is 0 Å². The Morgan fingerprint density at radius 3 is 3.14 bits per heavy atom. The van der Waals surface area contributed by atoms with E-state index in [9.17, 15) is 4.79 Å². The fourth-order valence-corrected chi connectivity index (χ4v) is 3.49. The lowest BCUT2D eigenvalue weighted by Crippen LogP contribution is -2.56. The van der Waals surface area contributed by atoms with Crippen molar-refractivity contribution >= 4 is 5.91 Å². The Morgan fingerprint density at radius 2 is 2.32 bits per heavy atom. The Labute approximate surface area is 131 Å². The molecule has 2 fully saturated rings. The van der Waals surface area contributed by atoms with Crippen molar-refractivity contribution < 1.29 is 9.53 Å². The maximum atomic E-state index is 12.5. The smallest absolute Gasteiger partial charge is 0.236 e. The van der Waals surface area contributed by atoms with E-state index in [1.807, 2.05) is 28.9 Å². The van der Waals surface area contributed by atoms with Crippen LogP contribution in [-0.2, 0) is 16.1 Å². The first-order chi connectivity index (χ1) is 10.7. The molecule has 22 heavy (non-hydrogen) atoms. The number of carbonyl (C=O) groups is 1. The fraction of sp³-hybridized carbons (Fsp3) is 0.750. The molecule has 2 atom stereocenters. The zero-order valence-corrected chi connectivity index (χ0v) is 13.3. The summed E-state index contributed by atoms with van der Waals surface area (Å²) in [5, 5.41) is 7.48. The number of rotatable bonds is 5. The average molecular weight is 306 g/mol. The van der Waals surface area contributed by atoms with Gasteiger partial charge in [0.05, 0.1) is 38.0 Å². The molecule has 1 saturated heterocycles. The van der Waals surface area contributed by atoms with E-state index in [1.165, 1.54) is 12.8 Å². The van der Waals surface area contributed by atoms with Crippen molar-refractivity contribution in [1.29, 1.82) is 0 Å². The summed E-state index contributed by atoms with van der Waals surface area (Å²) in [5.41, 5.74) is 1.16. The highest BCUT2D eigenvalue weighted by atomic mass is 16.5. The van der Waals surface area contributed by atoms with Crippen molar-refractivity contribution in [3.05, 3.63) is 18.0 Å². The fourth-order valence-electron chi connectivity index (χ4n) is 3.49. The summed E-state index contributed by atoms with van der Waals surface area (Å²) in [4.78, 5) is 14.5. The minimum absolute atomic E-state index is 0.205. The summed E-state index contributed by atoms with van der Waals surface area (Å²) in [7, 11) is 0. The number of morpholine rings is 1. The maximum Gasteiger partial charge on any atom is 0.236 e. The van der Waals surface area contributed by atoms with Gasteiger partial charge in [0.15, 0.2) is 0 Å². The standard InChI is InChI=1S/C16H26N4O2/c1-13-10-18-19(12-13)7-6-17-11-16(21)20-8-9-22-15-5-3-2-4-14(15)20/h10,12,14-15,17H,2-9,11H2,1H3. The molecule has 2 heterocycles. The quantitative estimate of drug-likeness (QED) is 0.823. The van der Waals surface area contributed by atoms with Gasteiger partial charge in [-0.3, -0.25) is 9.48 Å². The molecule has 1 aliphatic heterocycles. The second kappa shape index (κ2) is 7.24. The van der Waals surface area contributed by atoms with E-state index in [0.29, 0.717) is 19.2 Å². The zero-order chi connectivity index (χ0) is 15.4. The van der Waals surface area contributed by atoms with Crippen LogP contribution in [0.5, 0.6) is 0 Å². The van der Waals surface area contributed by atoms with Crippen molar-refractivity contribution in [3.8, 4) is 0 Å². The van der Waals surface area contributed by atoms with Gasteiger partial charge in [0.25, 0.3) is 0 Å². The van der Waals surface area contributed by atoms with E-state index >= 15 is 0 Å². The summed E-state index contributed by atoms with van der Waals surface area (Å²) >= 11 is 0. The Morgan fingerprint density at radius 1 is 1.45 bits per heavy atom. The molecule has 2 aliphatic rings. The molecule has 6 nitrogen and oxygen atoms in total. The summed E-state index contributed by atoms with van der Waals surface area (Å²) in [6, 6.07) is 0.297. The lowest BCUT2D eigenvalue weighted by atomic mass is 9.90. The number of carbonyl (C=O) groups excluding carboxylic acids is 1. The van der Waals surface area contributed by atoms with Crippen LogP contribution in [0.3, 0.4) is 0 Å². The van der Waals surface area contributed by atoms with Crippen LogP contribution in [0.4, 0.5) is 0 Å². The van der Waals surface area contributed by atoms with Crippen LogP contribution in [-0.4, -0.2) is 59.0 Å². The molecule has 1 saturated carbocycles. The first kappa shape index (κ1) is 15.5. The molecule has 0 aromatic carbocycles. The molecule has 2 unspecified atom stereocenters. The number of fused-ring (bicyclic) bond motifs is 1. The molecule has 0 spiro atoms. The van der Waals surface area contributed by atoms with Crippen molar-refractivity contribution in [1.82, 2.24) is 20.0 Å². The molecule has 1 aromatic rings. The van der Waals surface area contributed by atoms with Gasteiger partial charge >= 0.3 is 0 Å². The van der Waals surface area contributed by atoms with Crippen LogP contribution in [0.2, 0.25) is 0 Å². The van der Waals surface area contributed by atoms with E-state index < -0.39 is 0 Å². The maximum absolute atomic E-state index is 12.5. The number of nitrogens with zero attached hydrogens (tertiary/aromatic N) is 3. The highest BCUT2D eigenvalue weighted by molar-refractivity contribution is 5.78. The number of hydrogen-bond acceptors (Lipinski definition) is 4. The van der Waals surface area contributed by atoms with Gasteiger partial charge in [0.2, 0.25) is 5.91 Å². The molecular formula is C16H26N4O2. The first-order valence-electron chi connectivity index (χ1n) is 8.35. The Hall–Kier alpha value is -1.40. The van der Waals surface area contributed by atoms with Gasteiger partial charge in [0, 0.05) is 19.3 Å². The lowest BCUT2D eigenvalue weighted by Gasteiger charge is -2.43. The number of ether oxygens (including phenoxy) is 1. The average Bonchev–Trinajstić information content (AvgIpc) is 2.96. The van der Waals surface area contributed by atoms with E-state index in [-0.39, 0.29) is 12.0 Å². The second-order valence-electron chi connectivity index (χ2n) is 6.31. The van der Waals surface area contributed by atoms with E-state index in [2.05, 4.69) is 10.4 Å². The highest BCUT2D eigenvalue weighted by Gasteiger charge is 2.36. The monoisotopic (exact) mass is 306 g/mol. The minimum Gasteiger partial charge on any atom is -0.374 e. The second-order valence-corrected chi connectivity index (χ2v) is 6.31. The predicted molar refractivity (Wildman–Crippen MR) is 83.5 cm³/mol. The van der Waals surface area contributed by atoms with Gasteiger partial charge < -0.3 is 15.0 Å². The van der Waals surface area contributed by atoms with Gasteiger partial charge in [-0.25, -0.2) is 0 Å². The number of aromatic nitrogens is 2. The van der Waals surface area contributed by atoms with E-state index in [1.54, 1.807) is 0 Å². The van der Waals surface area contributed by atoms with Crippen LogP contribution in [0.15, 0.2) is 12.4 Å². The highest BCUT2D eigenvalue weighted by Crippen LogP contribution is 2.28. The third-order valence-corrected chi connectivity index (χ3v) is 4.61. The number of nitrogens with one attached hydrogen (secondary N) is 1. The first-order valence-corrected chi connectivity index (χ1v) is 8.35. The predicted octanol–water partition coefficient (Wildman–Crippen LogP) is 0.951. The van der Waals surface area contributed by atoms with Crippen LogP contribution in [0.25, 0.3) is 0 Å². The van der Waals surface area contributed by atoms with Crippen LogP contribution < -0.4 is 5.32 Å². The molecular weight excluding hydrogens is 280 g/mol. The van der Waals surface area contributed by atoms with Crippen molar-refractivity contribution in [2.45, 2.75) is 51.3 Å². The topological polar surface area (TPSA) is 59.4 Å². The molecule has 0 bridgehead atoms. The Kier molecular flexibility index (Phi) is 5.10. The molecule has 1 N–H and O–H groups in total. The summed E-state index contributed by atoms with van der Waals surface area (Å²) in [6.45, 7) is 5.39. The van der Waals surface area contributed by atoms with Gasteiger partial charge in [-0.1, -0.05) is 12.8 Å². The SMILES string of the molecule is Cc1cnn(CCNCC(=O)N2CCOC3CCCCC32)c1. The summed E-state index contributed by atoms with van der Waals surface area (Å²) < 4.78 is 7.72. The van der Waals surface area contributed by atoms with Gasteiger partial charge in [-0.15, -0.1) is 0 Å². The normalized spacial score (nSPS) is 25.0. The van der Waals surface area contributed by atoms with Crippen molar-refractivity contribution in [3.63, 3.8) is 0 Å². The lowest BCUT2D eigenvalue weighted by molar-refractivity contribution is -0.148. The third-order valence-electron chi connectivity index (χ3n) is 4.61. The van der Waals surface area contributed by atoms with Crippen LogP contribution in [0.1, 0.15) is 31.2 Å². The molecule has 122 valence electrons. The van der Waals surface area contributed by atoms with E-state index in [0.717, 1.165) is 38.0 Å². The van der Waals surface area contributed by atoms with Crippen LogP contribution in [0, 0.1) is 6.92 Å². The molecule has 1 aromatic heterocycles. The summed E-state index contributed by atoms with van der Waals surface area (Å²) in [5.74, 6) is 0.205. The van der Waals surface area contributed by atoms with Crippen molar-refractivity contribution in [2.24, 2.45) is 0 Å². The number of aryl methyl sites for hydroxylation is 1. The molecule has 1 amide bonds. The third kappa shape index (κ3) is 3.67. The number of amides is 1. The van der Waals surface area contributed by atoms with Gasteiger partial charge in [-0.05, 0) is 25.3 Å². The summed E-state index contributed by atoms with van der Waals surface area (Å²) in [6.07, 6.45) is 8.74. The van der Waals surface area contributed by atoms with Gasteiger partial charge in [0.1, 0.15) is 0 Å². The van der Waals surface area contributed by atoms with Gasteiger partial charge in [-0.2, -0.15) is 5.10 Å². The molecule has 6 heteroatoms. The number of hydrogen-bond donors (Lipinski definition) is 1. The Balaban J connectivity index is 1.43. The largest absolute Gasteiger partial charge is 0.374 e. The Bertz CT molecular complexity index is 500. The molecule has 1 aliphatic carbocycles. The minimum atomic E-state index is 0.205. The van der Waals surface area contributed by atoms with E-state index in [4.69, 9.17) is 4.74 Å².